The summed E-state index contributed by atoms with van der Waals surface area (Å²) in [4.78, 5) is 48.0. The Morgan fingerprint density at radius 1 is 1.16 bits per heavy atom. The zero-order valence-corrected chi connectivity index (χ0v) is 18.1. The predicted molar refractivity (Wildman–Crippen MR) is 114 cm³/mol. The highest BCUT2D eigenvalue weighted by Crippen LogP contribution is 2.17. The van der Waals surface area contributed by atoms with Crippen LogP contribution in [0.5, 0.6) is 0 Å². The van der Waals surface area contributed by atoms with Gasteiger partial charge in [0.15, 0.2) is 12.4 Å². The maximum atomic E-state index is 12.1. The third-order valence-corrected chi connectivity index (χ3v) is 4.88. The first-order valence-electron chi connectivity index (χ1n) is 9.37. The molecular formula is C20H23N3O7S. The van der Waals surface area contributed by atoms with E-state index in [0.29, 0.717) is 5.76 Å². The normalized spacial score (nSPS) is 11.3. The number of aromatic nitrogens is 1. The monoisotopic (exact) mass is 449 g/mol. The first-order valence-corrected chi connectivity index (χ1v) is 10.4. The molecule has 0 aliphatic heterocycles. The van der Waals surface area contributed by atoms with Gasteiger partial charge in [-0.3, -0.25) is 14.4 Å². The van der Waals surface area contributed by atoms with Crippen LogP contribution in [0.15, 0.2) is 34.9 Å². The van der Waals surface area contributed by atoms with Gasteiger partial charge in [-0.25, -0.2) is 4.79 Å². The molecule has 2 aromatic rings. The van der Waals surface area contributed by atoms with E-state index in [4.69, 9.17) is 14.0 Å². The minimum atomic E-state index is -0.657. The van der Waals surface area contributed by atoms with E-state index in [2.05, 4.69) is 15.8 Å². The van der Waals surface area contributed by atoms with Gasteiger partial charge in [0, 0.05) is 6.07 Å². The number of amides is 2. The van der Waals surface area contributed by atoms with E-state index in [1.54, 1.807) is 45.0 Å². The lowest BCUT2D eigenvalue weighted by Crippen LogP contribution is -2.26. The molecule has 2 N–H and O–H groups in total. The summed E-state index contributed by atoms with van der Waals surface area (Å²) in [6, 6.07) is 7.91. The molecule has 1 heterocycles. The number of para-hydroxylation sites is 1. The fourth-order valence-electron chi connectivity index (χ4n) is 2.27. The maximum absolute atomic E-state index is 12.1. The molecule has 1 atom stereocenters. The zero-order valence-electron chi connectivity index (χ0n) is 17.3. The van der Waals surface area contributed by atoms with Crippen LogP contribution in [-0.4, -0.2) is 53.1 Å². The molecule has 0 aliphatic rings. The number of hydrogen-bond acceptors (Lipinski definition) is 9. The van der Waals surface area contributed by atoms with Crippen LogP contribution in [-0.2, 0) is 23.9 Å². The molecule has 31 heavy (non-hydrogen) atoms. The Morgan fingerprint density at radius 3 is 2.58 bits per heavy atom. The Morgan fingerprint density at radius 2 is 1.90 bits per heavy atom. The van der Waals surface area contributed by atoms with E-state index in [-0.39, 0.29) is 35.3 Å². The Hall–Kier alpha value is -3.34. The van der Waals surface area contributed by atoms with Gasteiger partial charge in [0.1, 0.15) is 5.76 Å². The van der Waals surface area contributed by atoms with Crippen LogP contribution < -0.4 is 10.6 Å². The molecule has 0 spiro atoms. The van der Waals surface area contributed by atoms with Gasteiger partial charge in [-0.15, -0.1) is 11.8 Å². The Kier molecular flexibility index (Phi) is 9.07. The summed E-state index contributed by atoms with van der Waals surface area (Å²) in [6.45, 7) is 4.67. The van der Waals surface area contributed by atoms with Crippen molar-refractivity contribution in [2.24, 2.45) is 0 Å². The maximum Gasteiger partial charge on any atom is 0.340 e. The van der Waals surface area contributed by atoms with Gasteiger partial charge in [0.2, 0.25) is 5.91 Å². The summed E-state index contributed by atoms with van der Waals surface area (Å²) >= 11 is 1.05. The van der Waals surface area contributed by atoms with Gasteiger partial charge >= 0.3 is 11.9 Å². The first-order chi connectivity index (χ1) is 14.8. The number of benzene rings is 1. The van der Waals surface area contributed by atoms with Crippen LogP contribution in [0.4, 0.5) is 11.5 Å². The van der Waals surface area contributed by atoms with Crippen molar-refractivity contribution in [3.8, 4) is 0 Å². The second kappa shape index (κ2) is 11.7. The van der Waals surface area contributed by atoms with Crippen molar-refractivity contribution in [2.45, 2.75) is 26.0 Å². The number of thioether (sulfide) groups is 1. The summed E-state index contributed by atoms with van der Waals surface area (Å²) in [7, 11) is 0. The molecule has 2 rings (SSSR count). The van der Waals surface area contributed by atoms with Crippen LogP contribution in [0.1, 0.15) is 30.0 Å². The van der Waals surface area contributed by atoms with Crippen LogP contribution >= 0.6 is 11.8 Å². The summed E-state index contributed by atoms with van der Waals surface area (Å²) in [5.41, 5.74) is 0.450. The van der Waals surface area contributed by atoms with E-state index in [1.807, 2.05) is 0 Å². The molecule has 166 valence electrons. The van der Waals surface area contributed by atoms with Crippen molar-refractivity contribution >= 4 is 47.0 Å². The molecule has 0 fully saturated rings. The number of carbonyl (C=O) groups excluding carboxylic acids is 4. The van der Waals surface area contributed by atoms with Crippen LogP contribution in [0.25, 0.3) is 0 Å². The highest BCUT2D eigenvalue weighted by Gasteiger charge is 2.18. The van der Waals surface area contributed by atoms with Crippen molar-refractivity contribution < 1.29 is 33.2 Å². The number of aryl methyl sites for hydroxylation is 1. The molecule has 1 aromatic heterocycles. The average molecular weight is 449 g/mol. The number of ether oxygens (including phenoxy) is 2. The van der Waals surface area contributed by atoms with Gasteiger partial charge in [-0.1, -0.05) is 17.3 Å². The lowest BCUT2D eigenvalue weighted by Gasteiger charge is -2.11. The molecule has 0 saturated heterocycles. The number of hydrogen-bond donors (Lipinski definition) is 2. The van der Waals surface area contributed by atoms with Crippen LogP contribution in [0.3, 0.4) is 0 Å². The number of rotatable bonds is 10. The lowest BCUT2D eigenvalue weighted by atomic mass is 10.2. The van der Waals surface area contributed by atoms with E-state index in [0.717, 1.165) is 11.8 Å². The van der Waals surface area contributed by atoms with Crippen molar-refractivity contribution in [2.75, 3.05) is 29.6 Å². The summed E-state index contributed by atoms with van der Waals surface area (Å²) in [5, 5.41) is 8.18. The molecule has 0 aliphatic carbocycles. The standard InChI is InChI=1S/C20H23N3O7S/c1-4-28-20(27)14-7-5-6-8-15(14)21-17(24)10-29-18(25)11-31-13(3)19(26)22-16-9-12(2)30-23-16/h5-9,13H,4,10-11H2,1-3H3,(H,21,24)(H,22,23,26)/t13-/m1/s1. The number of esters is 2. The molecule has 0 radical (unpaired) electrons. The van der Waals surface area contributed by atoms with Crippen LogP contribution in [0, 0.1) is 6.92 Å². The van der Waals surface area contributed by atoms with Gasteiger partial charge in [-0.2, -0.15) is 0 Å². The van der Waals surface area contributed by atoms with Crippen molar-refractivity contribution in [3.05, 3.63) is 41.7 Å². The molecule has 1 aromatic carbocycles. The quantitative estimate of drug-likeness (QED) is 0.524. The Labute approximate surface area is 183 Å². The molecular weight excluding hydrogens is 426 g/mol. The number of nitrogens with one attached hydrogen (secondary N) is 2. The van der Waals surface area contributed by atoms with Gasteiger partial charge in [0.25, 0.3) is 5.91 Å². The van der Waals surface area contributed by atoms with Gasteiger partial charge in [-0.05, 0) is 32.9 Å². The van der Waals surface area contributed by atoms with E-state index >= 15 is 0 Å². The molecule has 2 amide bonds. The molecule has 0 bridgehead atoms. The molecule has 0 saturated carbocycles. The zero-order chi connectivity index (χ0) is 22.8. The molecule has 0 unspecified atom stereocenters. The van der Waals surface area contributed by atoms with E-state index < -0.39 is 29.7 Å². The summed E-state index contributed by atoms with van der Waals surface area (Å²) < 4.78 is 14.7. The number of carbonyl (C=O) groups is 4. The van der Waals surface area contributed by atoms with Gasteiger partial charge < -0.3 is 24.6 Å². The lowest BCUT2D eigenvalue weighted by molar-refractivity contribution is -0.144. The average Bonchev–Trinajstić information content (AvgIpc) is 3.15. The summed E-state index contributed by atoms with van der Waals surface area (Å²) in [6.07, 6.45) is 0. The minimum absolute atomic E-state index is 0.126. The SMILES string of the molecule is CCOC(=O)c1ccccc1NC(=O)COC(=O)CS[C@H](C)C(=O)Nc1cc(C)on1. The van der Waals surface area contributed by atoms with Crippen molar-refractivity contribution in [1.29, 1.82) is 0 Å². The third-order valence-electron chi connectivity index (χ3n) is 3.76. The second-order valence-electron chi connectivity index (χ2n) is 6.24. The number of nitrogens with zero attached hydrogens (tertiary/aromatic N) is 1. The van der Waals surface area contributed by atoms with Gasteiger partial charge in [0.05, 0.1) is 28.9 Å². The highest BCUT2D eigenvalue weighted by molar-refractivity contribution is 8.01. The molecule has 11 heteroatoms. The van der Waals surface area contributed by atoms with Crippen molar-refractivity contribution in [3.63, 3.8) is 0 Å². The van der Waals surface area contributed by atoms with Crippen molar-refractivity contribution in [1.82, 2.24) is 5.16 Å². The summed E-state index contributed by atoms with van der Waals surface area (Å²) in [5.74, 6) is -1.46. The predicted octanol–water partition coefficient (Wildman–Crippen LogP) is 2.40. The fraction of sp³-hybridized carbons (Fsp3) is 0.350. The first kappa shape index (κ1) is 23.9. The fourth-order valence-corrected chi connectivity index (χ4v) is 2.95. The van der Waals surface area contributed by atoms with E-state index in [1.165, 1.54) is 6.07 Å². The van der Waals surface area contributed by atoms with E-state index in [9.17, 15) is 19.2 Å². The second-order valence-corrected chi connectivity index (χ2v) is 7.57. The largest absolute Gasteiger partial charge is 0.462 e. The smallest absolute Gasteiger partial charge is 0.340 e. The topological polar surface area (TPSA) is 137 Å². The molecule has 10 nitrogen and oxygen atoms in total. The minimum Gasteiger partial charge on any atom is -0.462 e. The number of anilines is 2. The Balaban J connectivity index is 1.75. The highest BCUT2D eigenvalue weighted by atomic mass is 32.2. The van der Waals surface area contributed by atoms with Crippen LogP contribution in [0.2, 0.25) is 0 Å². The third kappa shape index (κ3) is 7.78. The Bertz CT molecular complexity index is 944.